The van der Waals surface area contributed by atoms with Gasteiger partial charge in [0.15, 0.2) is 0 Å². The molecule has 2 heterocycles. The second-order valence-corrected chi connectivity index (χ2v) is 5.05. The van der Waals surface area contributed by atoms with E-state index in [4.69, 9.17) is 4.98 Å². The van der Waals surface area contributed by atoms with Crippen LogP contribution < -0.4 is 10.6 Å². The highest BCUT2D eigenvalue weighted by atomic mass is 32.1. The summed E-state index contributed by atoms with van der Waals surface area (Å²) in [5.41, 5.74) is 1.18. The molecule has 2 unspecified atom stereocenters. The molecule has 3 nitrogen and oxygen atoms in total. The van der Waals surface area contributed by atoms with E-state index in [2.05, 4.69) is 22.9 Å². The fraction of sp³-hybridized carbons (Fsp3) is 0.727. The number of nitrogens with zero attached hydrogens (tertiary/aromatic N) is 1. The number of hydrogen-bond donors (Lipinski definition) is 2. The summed E-state index contributed by atoms with van der Waals surface area (Å²) in [4.78, 5) is 4.72. The van der Waals surface area contributed by atoms with Crippen LogP contribution in [-0.2, 0) is 0 Å². The lowest BCUT2D eigenvalue weighted by molar-refractivity contribution is 0.459. The zero-order valence-corrected chi connectivity index (χ0v) is 10.2. The lowest BCUT2D eigenvalue weighted by atomic mass is 10.0. The Hall–Kier alpha value is -0.450. The molecule has 0 aromatic carbocycles. The lowest BCUT2D eigenvalue weighted by Gasteiger charge is -2.20. The average Bonchev–Trinajstić information content (AvgIpc) is 2.78. The van der Waals surface area contributed by atoms with Crippen molar-refractivity contribution < 1.29 is 0 Å². The second-order valence-electron chi connectivity index (χ2n) is 4.16. The number of piperidine rings is 1. The molecule has 2 N–H and O–H groups in total. The maximum absolute atomic E-state index is 4.72. The van der Waals surface area contributed by atoms with Crippen molar-refractivity contribution in [3.8, 4) is 0 Å². The molecule has 0 amide bonds. The standard InChI is InChI=1S/C11H19N3S/c1-8(12-2)10-7-15-11(14-10)9-4-3-5-13-6-9/h7-9,12-13H,3-6H2,1-2H3. The van der Waals surface area contributed by atoms with Gasteiger partial charge in [0.05, 0.1) is 10.7 Å². The molecule has 0 aliphatic carbocycles. The van der Waals surface area contributed by atoms with E-state index in [0.29, 0.717) is 12.0 Å². The van der Waals surface area contributed by atoms with Gasteiger partial charge in [-0.25, -0.2) is 4.98 Å². The first-order valence-corrected chi connectivity index (χ1v) is 6.52. The predicted molar refractivity (Wildman–Crippen MR) is 64.4 cm³/mol. The number of nitrogens with one attached hydrogen (secondary N) is 2. The van der Waals surface area contributed by atoms with Gasteiger partial charge in [-0.05, 0) is 33.4 Å². The Bertz CT molecular complexity index is 305. The molecule has 1 saturated heterocycles. The van der Waals surface area contributed by atoms with Crippen LogP contribution in [0.1, 0.15) is 42.4 Å². The van der Waals surface area contributed by atoms with Crippen molar-refractivity contribution in [3.63, 3.8) is 0 Å². The van der Waals surface area contributed by atoms with E-state index < -0.39 is 0 Å². The summed E-state index contributed by atoms with van der Waals surface area (Å²) >= 11 is 1.81. The van der Waals surface area contributed by atoms with Crippen LogP contribution in [0.2, 0.25) is 0 Å². The molecule has 0 bridgehead atoms. The van der Waals surface area contributed by atoms with Crippen molar-refractivity contribution in [1.82, 2.24) is 15.6 Å². The minimum absolute atomic E-state index is 0.367. The molecule has 1 aliphatic rings. The van der Waals surface area contributed by atoms with E-state index >= 15 is 0 Å². The fourth-order valence-corrected chi connectivity index (χ4v) is 2.95. The van der Waals surface area contributed by atoms with Gasteiger partial charge in [0, 0.05) is 23.9 Å². The number of aromatic nitrogens is 1. The Morgan fingerprint density at radius 3 is 3.20 bits per heavy atom. The fourth-order valence-electron chi connectivity index (χ4n) is 1.90. The van der Waals surface area contributed by atoms with Gasteiger partial charge in [-0.1, -0.05) is 0 Å². The van der Waals surface area contributed by atoms with E-state index in [-0.39, 0.29) is 0 Å². The Morgan fingerprint density at radius 1 is 1.67 bits per heavy atom. The van der Waals surface area contributed by atoms with Crippen molar-refractivity contribution in [2.45, 2.75) is 31.7 Å². The zero-order chi connectivity index (χ0) is 10.7. The van der Waals surface area contributed by atoms with Crippen LogP contribution >= 0.6 is 11.3 Å². The highest BCUT2D eigenvalue weighted by Crippen LogP contribution is 2.27. The molecule has 0 saturated carbocycles. The zero-order valence-electron chi connectivity index (χ0n) is 9.42. The lowest BCUT2D eigenvalue weighted by Crippen LogP contribution is -2.28. The van der Waals surface area contributed by atoms with Crippen LogP contribution in [0.5, 0.6) is 0 Å². The summed E-state index contributed by atoms with van der Waals surface area (Å²) in [6.07, 6.45) is 2.56. The third-order valence-corrected chi connectivity index (χ3v) is 4.09. The summed E-state index contributed by atoms with van der Waals surface area (Å²) in [6, 6.07) is 0.367. The Kier molecular flexibility index (Phi) is 3.72. The van der Waals surface area contributed by atoms with Crippen LogP contribution in [0.15, 0.2) is 5.38 Å². The third-order valence-electron chi connectivity index (χ3n) is 3.06. The van der Waals surface area contributed by atoms with Gasteiger partial charge in [0.2, 0.25) is 0 Å². The highest BCUT2D eigenvalue weighted by molar-refractivity contribution is 7.09. The Balaban J connectivity index is 2.05. The summed E-state index contributed by atoms with van der Waals surface area (Å²) in [6.45, 7) is 4.42. The summed E-state index contributed by atoms with van der Waals surface area (Å²) in [5.74, 6) is 0.640. The first-order chi connectivity index (χ1) is 7.31. The molecule has 1 aromatic rings. The van der Waals surface area contributed by atoms with E-state index in [9.17, 15) is 0 Å². The maximum Gasteiger partial charge on any atom is 0.0972 e. The summed E-state index contributed by atoms with van der Waals surface area (Å²) in [5, 5.41) is 10.2. The van der Waals surface area contributed by atoms with Crippen molar-refractivity contribution >= 4 is 11.3 Å². The molecule has 2 atom stereocenters. The SMILES string of the molecule is CNC(C)c1csc(C2CCCNC2)n1. The van der Waals surface area contributed by atoms with E-state index in [1.165, 1.54) is 30.1 Å². The molecule has 0 spiro atoms. The molecule has 1 aromatic heterocycles. The molecule has 2 rings (SSSR count). The molecular weight excluding hydrogens is 206 g/mol. The minimum atomic E-state index is 0.367. The van der Waals surface area contributed by atoms with Crippen molar-refractivity contribution in [2.75, 3.05) is 20.1 Å². The number of thiazole rings is 1. The topological polar surface area (TPSA) is 37.0 Å². The van der Waals surface area contributed by atoms with Gasteiger partial charge in [0.25, 0.3) is 0 Å². The smallest absolute Gasteiger partial charge is 0.0972 e. The van der Waals surface area contributed by atoms with Crippen LogP contribution in [0.25, 0.3) is 0 Å². The van der Waals surface area contributed by atoms with Crippen molar-refractivity contribution in [1.29, 1.82) is 0 Å². The van der Waals surface area contributed by atoms with E-state index in [0.717, 1.165) is 6.54 Å². The van der Waals surface area contributed by atoms with E-state index in [1.807, 2.05) is 18.4 Å². The van der Waals surface area contributed by atoms with Gasteiger partial charge in [0.1, 0.15) is 0 Å². The van der Waals surface area contributed by atoms with Crippen LogP contribution in [-0.4, -0.2) is 25.1 Å². The van der Waals surface area contributed by atoms with Crippen molar-refractivity contribution in [2.24, 2.45) is 0 Å². The predicted octanol–water partition coefficient (Wildman–Crippen LogP) is 1.89. The Morgan fingerprint density at radius 2 is 2.53 bits per heavy atom. The van der Waals surface area contributed by atoms with Crippen LogP contribution in [0.4, 0.5) is 0 Å². The summed E-state index contributed by atoms with van der Waals surface area (Å²) in [7, 11) is 1.98. The quantitative estimate of drug-likeness (QED) is 0.825. The highest BCUT2D eigenvalue weighted by Gasteiger charge is 2.19. The molecule has 1 aliphatic heterocycles. The third kappa shape index (κ3) is 2.56. The maximum atomic E-state index is 4.72. The molecule has 1 fully saturated rings. The summed E-state index contributed by atoms with van der Waals surface area (Å²) < 4.78 is 0. The van der Waals surface area contributed by atoms with Gasteiger partial charge >= 0.3 is 0 Å². The van der Waals surface area contributed by atoms with Crippen molar-refractivity contribution in [3.05, 3.63) is 16.1 Å². The van der Waals surface area contributed by atoms with Gasteiger partial charge in [-0.15, -0.1) is 11.3 Å². The molecule has 4 heteroatoms. The Labute approximate surface area is 95.3 Å². The van der Waals surface area contributed by atoms with Gasteiger partial charge in [-0.3, -0.25) is 0 Å². The van der Waals surface area contributed by atoms with Gasteiger partial charge in [-0.2, -0.15) is 0 Å². The monoisotopic (exact) mass is 225 g/mol. The van der Waals surface area contributed by atoms with E-state index in [1.54, 1.807) is 0 Å². The average molecular weight is 225 g/mol. The molecule has 84 valence electrons. The molecular formula is C11H19N3S. The van der Waals surface area contributed by atoms with Crippen LogP contribution in [0, 0.1) is 0 Å². The molecule has 0 radical (unpaired) electrons. The number of hydrogen-bond acceptors (Lipinski definition) is 4. The second kappa shape index (κ2) is 5.05. The number of rotatable bonds is 3. The minimum Gasteiger partial charge on any atom is -0.316 e. The first-order valence-electron chi connectivity index (χ1n) is 5.64. The normalized spacial score (nSPS) is 24.0. The van der Waals surface area contributed by atoms with Gasteiger partial charge < -0.3 is 10.6 Å². The molecule has 15 heavy (non-hydrogen) atoms. The van der Waals surface area contributed by atoms with Crippen LogP contribution in [0.3, 0.4) is 0 Å². The largest absolute Gasteiger partial charge is 0.316 e. The first kappa shape index (κ1) is 11.0.